The summed E-state index contributed by atoms with van der Waals surface area (Å²) in [7, 11) is -1.69. The fourth-order valence-electron chi connectivity index (χ4n) is 4.04. The van der Waals surface area contributed by atoms with Crippen molar-refractivity contribution in [1.29, 1.82) is 0 Å². The number of nitrogens with one attached hydrogen (secondary N) is 2. The predicted molar refractivity (Wildman–Crippen MR) is 208 cm³/mol. The van der Waals surface area contributed by atoms with Gasteiger partial charge in [-0.05, 0) is 45.4 Å². The number of amides is 2. The maximum atomic E-state index is 11.3. The van der Waals surface area contributed by atoms with Crippen molar-refractivity contribution in [2.45, 2.75) is 191 Å². The Morgan fingerprint density at radius 1 is 0.694 bits per heavy atom. The van der Waals surface area contributed by atoms with E-state index in [9.17, 15) is 14.4 Å². The van der Waals surface area contributed by atoms with E-state index in [4.69, 9.17) is 24.4 Å². The second-order valence-electron chi connectivity index (χ2n) is 13.3. The number of carboxylic acid groups (broad SMARTS) is 1. The van der Waals surface area contributed by atoms with Gasteiger partial charge in [0.25, 0.3) is 0 Å². The number of hydrogen-bond acceptors (Lipinski definition) is 7. The second-order valence-corrected chi connectivity index (χ2v) is 14.4. The summed E-state index contributed by atoms with van der Waals surface area (Å²) in [6.07, 6.45) is 19.8. The van der Waals surface area contributed by atoms with Crippen LogP contribution in [-0.2, 0) is 23.9 Å². The standard InChI is InChI=1S/C19H38NO5P.C13H27NO2.C2H4O.2C2H6/c21-18(20-17-19(22)23)15-13-11-9-7-5-3-1-2-4-6-8-10-12-14-16-26(24)25;1-7-11(15)14-10-13(5,6)16-9-8-12(2,3)4;1-2-3;2*1-2/h24-25H,1-17H2,(H,20,21)(H,22,23);7-10H2,1-6H3,(H,14,15);2H,1H3;2*1-2H3. The number of rotatable bonds is 25. The molecular formula is C38H81N2O8P. The number of carbonyl (C=O) groups excluding carboxylic acids is 3. The first kappa shape index (κ1) is 56.8. The molecule has 0 fully saturated rings. The van der Waals surface area contributed by atoms with E-state index >= 15 is 0 Å². The van der Waals surface area contributed by atoms with E-state index in [-0.39, 0.29) is 24.0 Å². The molecule has 0 aromatic heterocycles. The summed E-state index contributed by atoms with van der Waals surface area (Å²) in [4.78, 5) is 59.2. The number of aliphatic carboxylic acids is 1. The molecule has 0 unspecified atom stereocenters. The van der Waals surface area contributed by atoms with Gasteiger partial charge in [0, 0.05) is 32.2 Å². The molecule has 0 rings (SSSR count). The first-order valence-corrected chi connectivity index (χ1v) is 20.5. The number of unbranched alkanes of at least 4 members (excludes halogenated alkanes) is 13. The van der Waals surface area contributed by atoms with Gasteiger partial charge in [-0.2, -0.15) is 0 Å². The van der Waals surface area contributed by atoms with Gasteiger partial charge in [-0.3, -0.25) is 14.4 Å². The predicted octanol–water partition coefficient (Wildman–Crippen LogP) is 9.34. The van der Waals surface area contributed by atoms with Gasteiger partial charge in [0.15, 0.2) is 8.38 Å². The minimum absolute atomic E-state index is 0.0764. The summed E-state index contributed by atoms with van der Waals surface area (Å²) in [5, 5.41) is 13.7. The Morgan fingerprint density at radius 3 is 1.43 bits per heavy atom. The molecule has 0 bridgehead atoms. The SMILES string of the molecule is CC.CC.CC=O.CCC(=O)NCC(C)(C)OCCC(C)(C)C.O=C(O)CNC(=O)CCCCCCCCCCCCCCCCP(O)O. The van der Waals surface area contributed by atoms with Gasteiger partial charge in [0.05, 0.1) is 5.60 Å². The topological polar surface area (TPSA) is 162 Å². The molecule has 0 saturated carbocycles. The van der Waals surface area contributed by atoms with E-state index in [1.54, 1.807) is 0 Å². The van der Waals surface area contributed by atoms with Crippen molar-refractivity contribution in [2.75, 3.05) is 25.9 Å². The van der Waals surface area contributed by atoms with Crippen LogP contribution < -0.4 is 10.6 Å². The van der Waals surface area contributed by atoms with Crippen LogP contribution >= 0.6 is 8.38 Å². The fraction of sp³-hybridized carbons (Fsp3) is 0.895. The molecule has 0 saturated heterocycles. The zero-order chi connectivity index (χ0) is 39.0. The third-order valence-electron chi connectivity index (χ3n) is 6.83. The lowest BCUT2D eigenvalue weighted by molar-refractivity contribution is -0.138. The van der Waals surface area contributed by atoms with Gasteiger partial charge < -0.3 is 35.1 Å². The van der Waals surface area contributed by atoms with Crippen molar-refractivity contribution in [3.05, 3.63) is 0 Å². The Morgan fingerprint density at radius 2 is 1.08 bits per heavy atom. The van der Waals surface area contributed by atoms with E-state index < -0.39 is 14.3 Å². The smallest absolute Gasteiger partial charge is 0.322 e. The number of hydrogen-bond donors (Lipinski definition) is 5. The third-order valence-corrected chi connectivity index (χ3v) is 7.54. The number of ether oxygens (including phenoxy) is 1. The average Bonchev–Trinajstić information content (AvgIpc) is 3.04. The van der Waals surface area contributed by atoms with E-state index in [2.05, 4.69) is 31.4 Å². The fourth-order valence-corrected chi connectivity index (χ4v) is 4.55. The molecule has 0 atom stereocenters. The molecule has 0 heterocycles. The Labute approximate surface area is 303 Å². The molecule has 0 aliphatic rings. The first-order valence-electron chi connectivity index (χ1n) is 19.0. The highest BCUT2D eigenvalue weighted by Gasteiger charge is 2.20. The molecule has 0 aromatic rings. The van der Waals surface area contributed by atoms with Crippen molar-refractivity contribution >= 4 is 32.4 Å². The monoisotopic (exact) mass is 725 g/mol. The molecule has 11 heteroatoms. The lowest BCUT2D eigenvalue weighted by atomic mass is 9.93. The molecule has 296 valence electrons. The average molecular weight is 725 g/mol. The van der Waals surface area contributed by atoms with Gasteiger partial charge in [0.2, 0.25) is 11.8 Å². The Hall–Kier alpha value is -1.61. The summed E-state index contributed by atoms with van der Waals surface area (Å²) >= 11 is 0. The minimum Gasteiger partial charge on any atom is -0.480 e. The minimum atomic E-state index is -1.69. The highest BCUT2D eigenvalue weighted by Crippen LogP contribution is 2.25. The normalized spacial score (nSPS) is 10.5. The summed E-state index contributed by atoms with van der Waals surface area (Å²) in [6.45, 7) is 22.9. The van der Waals surface area contributed by atoms with Crippen LogP contribution in [-0.4, -0.2) is 70.4 Å². The molecule has 10 nitrogen and oxygen atoms in total. The summed E-state index contributed by atoms with van der Waals surface area (Å²) in [5.41, 5.74) is 0.0127. The van der Waals surface area contributed by atoms with Gasteiger partial charge >= 0.3 is 5.97 Å². The van der Waals surface area contributed by atoms with Crippen molar-refractivity contribution in [3.63, 3.8) is 0 Å². The third kappa shape index (κ3) is 62.0. The van der Waals surface area contributed by atoms with Crippen molar-refractivity contribution < 1.29 is 38.8 Å². The Kier molecular flexibility index (Phi) is 49.3. The van der Waals surface area contributed by atoms with Gasteiger partial charge in [0.1, 0.15) is 12.8 Å². The van der Waals surface area contributed by atoms with Gasteiger partial charge in [-0.1, -0.05) is 132 Å². The van der Waals surface area contributed by atoms with Crippen LogP contribution in [0.15, 0.2) is 0 Å². The van der Waals surface area contributed by atoms with Crippen LogP contribution in [0.25, 0.3) is 0 Å². The van der Waals surface area contributed by atoms with Crippen molar-refractivity contribution in [1.82, 2.24) is 10.6 Å². The maximum Gasteiger partial charge on any atom is 0.322 e. The second kappa shape index (κ2) is 42.6. The maximum absolute atomic E-state index is 11.3. The lowest BCUT2D eigenvalue weighted by Crippen LogP contribution is -2.40. The van der Waals surface area contributed by atoms with E-state index in [0.29, 0.717) is 31.0 Å². The van der Waals surface area contributed by atoms with Gasteiger partial charge in [-0.25, -0.2) is 0 Å². The molecule has 5 N–H and O–H groups in total. The zero-order valence-corrected chi connectivity index (χ0v) is 34.7. The molecule has 0 radical (unpaired) electrons. The van der Waals surface area contributed by atoms with E-state index in [1.165, 1.54) is 64.7 Å². The van der Waals surface area contributed by atoms with Crippen LogP contribution in [0.1, 0.15) is 185 Å². The molecule has 0 spiro atoms. The zero-order valence-electron chi connectivity index (χ0n) is 33.8. The van der Waals surface area contributed by atoms with Crippen LogP contribution in [0.3, 0.4) is 0 Å². The van der Waals surface area contributed by atoms with Crippen molar-refractivity contribution in [3.8, 4) is 0 Å². The molecule has 0 aliphatic carbocycles. The molecule has 2 amide bonds. The van der Waals surface area contributed by atoms with E-state index in [1.807, 2.05) is 48.5 Å². The van der Waals surface area contributed by atoms with Crippen molar-refractivity contribution in [2.24, 2.45) is 5.41 Å². The summed E-state index contributed by atoms with van der Waals surface area (Å²) in [6, 6.07) is 0. The highest BCUT2D eigenvalue weighted by atomic mass is 31.2. The Balaban J connectivity index is -0.000000239. The van der Waals surface area contributed by atoms with E-state index in [0.717, 1.165) is 51.4 Å². The van der Waals surface area contributed by atoms with Gasteiger partial charge in [-0.15, -0.1) is 0 Å². The molecular weight excluding hydrogens is 643 g/mol. The van der Waals surface area contributed by atoms with Crippen LogP contribution in [0.5, 0.6) is 0 Å². The lowest BCUT2D eigenvalue weighted by Gasteiger charge is -2.27. The quantitative estimate of drug-likeness (QED) is 0.0353. The van der Waals surface area contributed by atoms with Crippen LogP contribution in [0.2, 0.25) is 0 Å². The molecule has 49 heavy (non-hydrogen) atoms. The Bertz CT molecular complexity index is 729. The highest BCUT2D eigenvalue weighted by molar-refractivity contribution is 7.45. The molecule has 0 aromatic carbocycles. The number of carbonyl (C=O) groups is 4. The van der Waals surface area contributed by atoms with Crippen LogP contribution in [0.4, 0.5) is 0 Å². The number of aldehydes is 1. The van der Waals surface area contributed by atoms with Crippen LogP contribution in [0, 0.1) is 5.41 Å². The summed E-state index contributed by atoms with van der Waals surface area (Å²) < 4.78 is 5.79. The first-order chi connectivity index (χ1) is 23.1. The molecule has 0 aliphatic heterocycles. The largest absolute Gasteiger partial charge is 0.480 e. The number of carboxylic acids is 1. The summed E-state index contributed by atoms with van der Waals surface area (Å²) in [5.74, 6) is -1.09.